The number of methoxy groups -OCH3 is 2. The zero-order valence-corrected chi connectivity index (χ0v) is 11.5. The number of hydrogen-bond acceptors (Lipinski definition) is 4. The summed E-state index contributed by atoms with van der Waals surface area (Å²) >= 11 is 0. The minimum absolute atomic E-state index is 0.703. The van der Waals surface area contributed by atoms with Crippen LogP contribution in [0.5, 0.6) is 11.5 Å². The lowest BCUT2D eigenvalue weighted by molar-refractivity contribution is 0.354. The van der Waals surface area contributed by atoms with E-state index in [2.05, 4.69) is 12.2 Å². The number of benzene rings is 1. The van der Waals surface area contributed by atoms with E-state index >= 15 is 0 Å². The minimum Gasteiger partial charge on any atom is -0.493 e. The molecule has 0 aliphatic carbocycles. The van der Waals surface area contributed by atoms with Crippen LogP contribution in [0.15, 0.2) is 34.9 Å². The highest BCUT2D eigenvalue weighted by atomic mass is 16.5. The van der Waals surface area contributed by atoms with Crippen molar-refractivity contribution < 1.29 is 13.9 Å². The summed E-state index contributed by atoms with van der Waals surface area (Å²) < 4.78 is 16.2. The van der Waals surface area contributed by atoms with E-state index in [4.69, 9.17) is 13.9 Å². The lowest BCUT2D eigenvalue weighted by Crippen LogP contribution is -2.12. The molecular weight excluding hydrogens is 242 g/mol. The molecule has 1 aromatic heterocycles. The third-order valence-corrected chi connectivity index (χ3v) is 2.96. The summed E-state index contributed by atoms with van der Waals surface area (Å²) in [6.45, 7) is 3.74. The van der Waals surface area contributed by atoms with E-state index in [1.165, 1.54) is 0 Å². The minimum atomic E-state index is 0.703. The summed E-state index contributed by atoms with van der Waals surface area (Å²) in [5.41, 5.74) is 2.14. The maximum Gasteiger partial charge on any atom is 0.161 e. The Kier molecular flexibility index (Phi) is 4.47. The summed E-state index contributed by atoms with van der Waals surface area (Å²) in [5.74, 6) is 2.26. The normalized spacial score (nSPS) is 10.5. The number of rotatable bonds is 6. The van der Waals surface area contributed by atoms with Crippen molar-refractivity contribution in [3.05, 3.63) is 36.1 Å². The Morgan fingerprint density at radius 1 is 1.16 bits per heavy atom. The van der Waals surface area contributed by atoms with Crippen LogP contribution in [0.3, 0.4) is 0 Å². The molecule has 0 saturated carbocycles. The second-order valence-corrected chi connectivity index (χ2v) is 4.12. The highest BCUT2D eigenvalue weighted by Gasteiger charge is 2.14. The predicted octanol–water partition coefficient (Wildman–Crippen LogP) is 3.07. The van der Waals surface area contributed by atoms with Crippen LogP contribution >= 0.6 is 0 Å². The van der Waals surface area contributed by atoms with Crippen LogP contribution in [-0.2, 0) is 6.54 Å². The molecule has 19 heavy (non-hydrogen) atoms. The molecule has 4 heteroatoms. The molecule has 0 atom stereocenters. The van der Waals surface area contributed by atoms with Crippen LogP contribution in [0, 0.1) is 0 Å². The van der Waals surface area contributed by atoms with E-state index in [9.17, 15) is 0 Å². The van der Waals surface area contributed by atoms with Crippen molar-refractivity contribution in [1.29, 1.82) is 0 Å². The van der Waals surface area contributed by atoms with Crippen molar-refractivity contribution in [3.8, 4) is 22.8 Å². The van der Waals surface area contributed by atoms with E-state index in [-0.39, 0.29) is 0 Å². The van der Waals surface area contributed by atoms with Crippen LogP contribution in [0.25, 0.3) is 11.3 Å². The van der Waals surface area contributed by atoms with Gasteiger partial charge in [0.15, 0.2) is 11.5 Å². The Labute approximate surface area is 113 Å². The first kappa shape index (κ1) is 13.5. The van der Waals surface area contributed by atoms with Gasteiger partial charge in [-0.15, -0.1) is 0 Å². The fraction of sp³-hybridized carbons (Fsp3) is 0.333. The van der Waals surface area contributed by atoms with Gasteiger partial charge in [-0.25, -0.2) is 0 Å². The predicted molar refractivity (Wildman–Crippen MR) is 74.6 cm³/mol. The fourth-order valence-corrected chi connectivity index (χ4v) is 1.99. The molecule has 1 aromatic carbocycles. The molecule has 0 fully saturated rings. The van der Waals surface area contributed by atoms with Crippen LogP contribution < -0.4 is 14.8 Å². The molecule has 0 radical (unpaired) electrons. The molecule has 0 saturated heterocycles. The molecule has 0 bridgehead atoms. The highest BCUT2D eigenvalue weighted by molar-refractivity contribution is 5.67. The SMILES string of the molecule is CCNCc1cc(OC)c(OC)cc1-c1ccco1. The lowest BCUT2D eigenvalue weighted by Gasteiger charge is -2.14. The lowest BCUT2D eigenvalue weighted by atomic mass is 10.0. The molecule has 0 amide bonds. The topological polar surface area (TPSA) is 43.6 Å². The van der Waals surface area contributed by atoms with Gasteiger partial charge in [0.05, 0.1) is 20.5 Å². The Bertz CT molecular complexity index is 520. The quantitative estimate of drug-likeness (QED) is 0.868. The van der Waals surface area contributed by atoms with Gasteiger partial charge in [-0.1, -0.05) is 6.92 Å². The van der Waals surface area contributed by atoms with Crippen LogP contribution in [-0.4, -0.2) is 20.8 Å². The Morgan fingerprint density at radius 3 is 2.47 bits per heavy atom. The van der Waals surface area contributed by atoms with Crippen molar-refractivity contribution in [3.63, 3.8) is 0 Å². The summed E-state index contributed by atoms with van der Waals surface area (Å²) in [4.78, 5) is 0. The molecule has 1 N–H and O–H groups in total. The van der Waals surface area contributed by atoms with Crippen LogP contribution in [0.1, 0.15) is 12.5 Å². The third-order valence-electron chi connectivity index (χ3n) is 2.96. The van der Waals surface area contributed by atoms with Crippen molar-refractivity contribution in [2.24, 2.45) is 0 Å². The fourth-order valence-electron chi connectivity index (χ4n) is 1.99. The molecule has 2 rings (SSSR count). The van der Waals surface area contributed by atoms with Crippen molar-refractivity contribution in [1.82, 2.24) is 5.32 Å². The molecule has 0 aliphatic rings. The summed E-state index contributed by atoms with van der Waals surface area (Å²) in [5, 5.41) is 3.32. The highest BCUT2D eigenvalue weighted by Crippen LogP contribution is 2.35. The molecule has 2 aromatic rings. The molecule has 0 aliphatic heterocycles. The average Bonchev–Trinajstić information content (AvgIpc) is 2.98. The monoisotopic (exact) mass is 261 g/mol. The summed E-state index contributed by atoms with van der Waals surface area (Å²) in [6.07, 6.45) is 1.67. The van der Waals surface area contributed by atoms with Gasteiger partial charge in [-0.2, -0.15) is 0 Å². The Hall–Kier alpha value is -1.94. The molecule has 4 nitrogen and oxygen atoms in total. The van der Waals surface area contributed by atoms with Crippen molar-refractivity contribution in [2.75, 3.05) is 20.8 Å². The largest absolute Gasteiger partial charge is 0.493 e. The van der Waals surface area contributed by atoms with Gasteiger partial charge >= 0.3 is 0 Å². The first-order valence-electron chi connectivity index (χ1n) is 6.29. The van der Waals surface area contributed by atoms with Gasteiger partial charge in [0.25, 0.3) is 0 Å². The first-order chi connectivity index (χ1) is 9.30. The standard InChI is InChI=1S/C15H19NO3/c1-4-16-10-11-8-14(17-2)15(18-3)9-12(11)13-6-5-7-19-13/h5-9,16H,4,10H2,1-3H3. The van der Waals surface area contributed by atoms with E-state index in [0.29, 0.717) is 5.75 Å². The summed E-state index contributed by atoms with van der Waals surface area (Å²) in [7, 11) is 3.27. The molecule has 0 unspecified atom stereocenters. The molecule has 0 spiro atoms. The summed E-state index contributed by atoms with van der Waals surface area (Å²) in [6, 6.07) is 7.75. The Morgan fingerprint density at radius 2 is 1.89 bits per heavy atom. The van der Waals surface area contributed by atoms with Gasteiger partial charge in [-0.3, -0.25) is 0 Å². The maximum absolute atomic E-state index is 5.49. The smallest absolute Gasteiger partial charge is 0.161 e. The van der Waals surface area contributed by atoms with E-state index in [0.717, 1.165) is 35.7 Å². The zero-order valence-electron chi connectivity index (χ0n) is 11.5. The van der Waals surface area contributed by atoms with Crippen LogP contribution in [0.2, 0.25) is 0 Å². The van der Waals surface area contributed by atoms with Crippen molar-refractivity contribution >= 4 is 0 Å². The van der Waals surface area contributed by atoms with E-state index < -0.39 is 0 Å². The van der Waals surface area contributed by atoms with E-state index in [1.54, 1.807) is 20.5 Å². The average molecular weight is 261 g/mol. The maximum atomic E-state index is 5.49. The van der Waals surface area contributed by atoms with Crippen molar-refractivity contribution in [2.45, 2.75) is 13.5 Å². The zero-order chi connectivity index (χ0) is 13.7. The van der Waals surface area contributed by atoms with Gasteiger partial charge in [0.2, 0.25) is 0 Å². The van der Waals surface area contributed by atoms with Gasteiger partial charge < -0.3 is 19.2 Å². The van der Waals surface area contributed by atoms with Gasteiger partial charge in [-0.05, 0) is 36.4 Å². The number of hydrogen-bond donors (Lipinski definition) is 1. The van der Waals surface area contributed by atoms with Crippen LogP contribution in [0.4, 0.5) is 0 Å². The number of ether oxygens (including phenoxy) is 2. The number of furan rings is 1. The third kappa shape index (κ3) is 2.90. The Balaban J connectivity index is 2.48. The van der Waals surface area contributed by atoms with Gasteiger partial charge in [0.1, 0.15) is 5.76 Å². The van der Waals surface area contributed by atoms with Gasteiger partial charge in [0, 0.05) is 12.1 Å². The number of nitrogens with one attached hydrogen (secondary N) is 1. The molecule has 102 valence electrons. The second kappa shape index (κ2) is 6.29. The first-order valence-corrected chi connectivity index (χ1v) is 6.29. The van der Waals surface area contributed by atoms with E-state index in [1.807, 2.05) is 24.3 Å². The second-order valence-electron chi connectivity index (χ2n) is 4.12. The molecular formula is C15H19NO3. The molecule has 1 heterocycles.